The normalized spacial score (nSPS) is 10.7. The molecular formula is C16H15N3O. The monoisotopic (exact) mass is 265 g/mol. The van der Waals surface area contributed by atoms with Gasteiger partial charge in [-0.05, 0) is 16.8 Å². The van der Waals surface area contributed by atoms with Gasteiger partial charge >= 0.3 is 0 Å². The van der Waals surface area contributed by atoms with Crippen LogP contribution in [0.25, 0.3) is 10.8 Å². The molecule has 1 N–H and O–H groups in total. The van der Waals surface area contributed by atoms with Crippen LogP contribution in [0.5, 0.6) is 0 Å². The lowest BCUT2D eigenvalue weighted by Gasteiger charge is -2.17. The minimum Gasteiger partial charge on any atom is -0.337 e. The van der Waals surface area contributed by atoms with Gasteiger partial charge in [0.1, 0.15) is 0 Å². The lowest BCUT2D eigenvalue weighted by Crippen LogP contribution is -2.26. The second kappa shape index (κ2) is 5.17. The van der Waals surface area contributed by atoms with Crippen molar-refractivity contribution in [2.75, 3.05) is 7.05 Å². The summed E-state index contributed by atoms with van der Waals surface area (Å²) in [6, 6.07) is 13.7. The van der Waals surface area contributed by atoms with Crippen molar-refractivity contribution in [1.82, 2.24) is 15.1 Å². The molecule has 4 nitrogen and oxygen atoms in total. The van der Waals surface area contributed by atoms with Gasteiger partial charge in [0.2, 0.25) is 0 Å². The van der Waals surface area contributed by atoms with Crippen molar-refractivity contribution in [2.45, 2.75) is 6.54 Å². The van der Waals surface area contributed by atoms with Crippen molar-refractivity contribution in [3.05, 3.63) is 66.0 Å². The molecule has 4 heteroatoms. The molecule has 1 amide bonds. The summed E-state index contributed by atoms with van der Waals surface area (Å²) in [7, 11) is 1.80. The largest absolute Gasteiger partial charge is 0.337 e. The average molecular weight is 265 g/mol. The SMILES string of the molecule is CN(Cc1cn[nH]c1)C(=O)c1cccc2ccccc12. The van der Waals surface area contributed by atoms with E-state index in [-0.39, 0.29) is 5.91 Å². The number of nitrogens with zero attached hydrogens (tertiary/aromatic N) is 2. The number of hydrogen-bond donors (Lipinski definition) is 1. The fourth-order valence-corrected chi connectivity index (χ4v) is 2.33. The maximum Gasteiger partial charge on any atom is 0.254 e. The lowest BCUT2D eigenvalue weighted by molar-refractivity contribution is 0.0787. The molecule has 0 radical (unpaired) electrons. The van der Waals surface area contributed by atoms with Crippen LogP contribution in [0.3, 0.4) is 0 Å². The van der Waals surface area contributed by atoms with E-state index in [2.05, 4.69) is 10.2 Å². The number of aromatic amines is 1. The minimum atomic E-state index is 0.0167. The zero-order chi connectivity index (χ0) is 13.9. The number of nitrogens with one attached hydrogen (secondary N) is 1. The highest BCUT2D eigenvalue weighted by Gasteiger charge is 2.14. The molecule has 0 unspecified atom stereocenters. The molecule has 0 aliphatic carbocycles. The van der Waals surface area contributed by atoms with E-state index in [0.29, 0.717) is 6.54 Å². The Balaban J connectivity index is 1.92. The van der Waals surface area contributed by atoms with Gasteiger partial charge in [0.15, 0.2) is 0 Å². The van der Waals surface area contributed by atoms with Gasteiger partial charge in [0.05, 0.1) is 6.20 Å². The van der Waals surface area contributed by atoms with Crippen molar-refractivity contribution in [3.63, 3.8) is 0 Å². The zero-order valence-corrected chi connectivity index (χ0v) is 11.2. The summed E-state index contributed by atoms with van der Waals surface area (Å²) in [5.41, 5.74) is 1.72. The average Bonchev–Trinajstić information content (AvgIpc) is 2.99. The summed E-state index contributed by atoms with van der Waals surface area (Å²) in [4.78, 5) is 14.3. The van der Waals surface area contributed by atoms with Crippen LogP contribution in [0, 0.1) is 0 Å². The van der Waals surface area contributed by atoms with Crippen molar-refractivity contribution in [2.24, 2.45) is 0 Å². The van der Waals surface area contributed by atoms with Crippen LogP contribution < -0.4 is 0 Å². The third-order valence-electron chi connectivity index (χ3n) is 3.34. The van der Waals surface area contributed by atoms with Crippen LogP contribution in [0.4, 0.5) is 0 Å². The molecule has 20 heavy (non-hydrogen) atoms. The van der Waals surface area contributed by atoms with E-state index in [1.165, 1.54) is 0 Å². The third kappa shape index (κ3) is 2.28. The fraction of sp³-hybridized carbons (Fsp3) is 0.125. The molecule has 0 bridgehead atoms. The number of aromatic nitrogens is 2. The van der Waals surface area contributed by atoms with E-state index in [1.54, 1.807) is 24.3 Å². The first-order valence-corrected chi connectivity index (χ1v) is 6.46. The van der Waals surface area contributed by atoms with E-state index in [9.17, 15) is 4.79 Å². The highest BCUT2D eigenvalue weighted by Crippen LogP contribution is 2.20. The van der Waals surface area contributed by atoms with Crippen LogP contribution in [0.1, 0.15) is 15.9 Å². The molecule has 0 aliphatic rings. The minimum absolute atomic E-state index is 0.0167. The lowest BCUT2D eigenvalue weighted by atomic mass is 10.0. The predicted octanol–water partition coefficient (Wildman–Crippen LogP) is 2.84. The number of hydrogen-bond acceptors (Lipinski definition) is 2. The number of H-pyrrole nitrogens is 1. The number of carbonyl (C=O) groups is 1. The molecule has 2 aromatic carbocycles. The van der Waals surface area contributed by atoms with Crippen molar-refractivity contribution >= 4 is 16.7 Å². The first-order chi connectivity index (χ1) is 9.75. The van der Waals surface area contributed by atoms with Gasteiger partial charge in [-0.1, -0.05) is 36.4 Å². The molecule has 0 saturated heterocycles. The molecular weight excluding hydrogens is 250 g/mol. The quantitative estimate of drug-likeness (QED) is 0.791. The molecule has 3 aromatic rings. The number of carbonyl (C=O) groups excluding carboxylic acids is 1. The van der Waals surface area contributed by atoms with Gasteiger partial charge in [-0.15, -0.1) is 0 Å². The summed E-state index contributed by atoms with van der Waals surface area (Å²) in [6.07, 6.45) is 3.53. The molecule has 0 atom stereocenters. The maximum atomic E-state index is 12.6. The topological polar surface area (TPSA) is 49.0 Å². The maximum absolute atomic E-state index is 12.6. The standard InChI is InChI=1S/C16H15N3O/c1-19(11-12-9-17-18-10-12)16(20)15-8-4-6-13-5-2-3-7-14(13)15/h2-10H,11H2,1H3,(H,17,18). The van der Waals surface area contributed by atoms with E-state index in [0.717, 1.165) is 21.9 Å². The van der Waals surface area contributed by atoms with E-state index < -0.39 is 0 Å². The third-order valence-corrected chi connectivity index (χ3v) is 3.34. The van der Waals surface area contributed by atoms with Crippen molar-refractivity contribution in [1.29, 1.82) is 0 Å². The number of amides is 1. The van der Waals surface area contributed by atoms with Crippen LogP contribution in [-0.2, 0) is 6.54 Å². The first kappa shape index (κ1) is 12.4. The second-order valence-corrected chi connectivity index (χ2v) is 4.79. The highest BCUT2D eigenvalue weighted by atomic mass is 16.2. The summed E-state index contributed by atoms with van der Waals surface area (Å²) in [5, 5.41) is 8.71. The molecule has 1 aromatic heterocycles. The first-order valence-electron chi connectivity index (χ1n) is 6.46. The number of rotatable bonds is 3. The summed E-state index contributed by atoms with van der Waals surface area (Å²) in [5.74, 6) is 0.0167. The Hall–Kier alpha value is -2.62. The van der Waals surface area contributed by atoms with Gasteiger partial charge in [-0.25, -0.2) is 0 Å². The number of benzene rings is 2. The van der Waals surface area contributed by atoms with E-state index >= 15 is 0 Å². The van der Waals surface area contributed by atoms with Gasteiger partial charge in [-0.3, -0.25) is 9.89 Å². The summed E-state index contributed by atoms with van der Waals surface area (Å²) < 4.78 is 0. The smallest absolute Gasteiger partial charge is 0.254 e. The van der Waals surface area contributed by atoms with Crippen LogP contribution >= 0.6 is 0 Å². The Morgan fingerprint density at radius 1 is 1.20 bits per heavy atom. The highest BCUT2D eigenvalue weighted by molar-refractivity contribution is 6.06. The molecule has 0 aliphatic heterocycles. The van der Waals surface area contributed by atoms with Crippen molar-refractivity contribution in [3.8, 4) is 0 Å². The molecule has 100 valence electrons. The fourth-order valence-electron chi connectivity index (χ4n) is 2.33. The van der Waals surface area contributed by atoms with Gasteiger partial charge in [-0.2, -0.15) is 5.10 Å². The van der Waals surface area contributed by atoms with Crippen LogP contribution in [-0.4, -0.2) is 28.1 Å². The van der Waals surface area contributed by atoms with Gasteiger partial charge in [0.25, 0.3) is 5.91 Å². The van der Waals surface area contributed by atoms with Gasteiger partial charge < -0.3 is 4.90 Å². The Labute approximate surface area is 117 Å². The molecule has 1 heterocycles. The number of fused-ring (bicyclic) bond motifs is 1. The Kier molecular flexibility index (Phi) is 3.21. The van der Waals surface area contributed by atoms with Crippen LogP contribution in [0.2, 0.25) is 0 Å². The van der Waals surface area contributed by atoms with Crippen LogP contribution in [0.15, 0.2) is 54.9 Å². The summed E-state index contributed by atoms with van der Waals surface area (Å²) in [6.45, 7) is 0.540. The van der Waals surface area contributed by atoms with Gasteiger partial charge in [0, 0.05) is 30.9 Å². The molecule has 0 fully saturated rings. The Morgan fingerprint density at radius 2 is 2.00 bits per heavy atom. The van der Waals surface area contributed by atoms with E-state index in [1.807, 2.05) is 42.5 Å². The Bertz CT molecular complexity index is 729. The molecule has 0 spiro atoms. The molecule has 0 saturated carbocycles. The van der Waals surface area contributed by atoms with Crippen molar-refractivity contribution < 1.29 is 4.79 Å². The molecule has 3 rings (SSSR count). The Morgan fingerprint density at radius 3 is 2.80 bits per heavy atom. The van der Waals surface area contributed by atoms with E-state index in [4.69, 9.17) is 0 Å². The zero-order valence-electron chi connectivity index (χ0n) is 11.2. The summed E-state index contributed by atoms with van der Waals surface area (Å²) >= 11 is 0. The second-order valence-electron chi connectivity index (χ2n) is 4.79. The predicted molar refractivity (Wildman–Crippen MR) is 78.3 cm³/mol.